The molecular weight excluding hydrogens is 288 g/mol. The fourth-order valence-electron chi connectivity index (χ4n) is 3.38. The second-order valence-corrected chi connectivity index (χ2v) is 5.93. The molecule has 1 fully saturated rings. The lowest BCUT2D eigenvalue weighted by Crippen LogP contribution is -2.35. The first-order valence-electron chi connectivity index (χ1n) is 8.22. The zero-order chi connectivity index (χ0) is 16.2. The van der Waals surface area contributed by atoms with Crippen LogP contribution in [0.4, 0.5) is 11.6 Å². The molecule has 0 bridgehead atoms. The first kappa shape index (κ1) is 15.7. The predicted molar refractivity (Wildman–Crippen MR) is 92.1 cm³/mol. The number of hydrogen-bond donors (Lipinski definition) is 2. The largest absolute Gasteiger partial charge is 0.383 e. The first-order valence-corrected chi connectivity index (χ1v) is 8.22. The average molecular weight is 312 g/mol. The molecule has 1 aliphatic rings. The van der Waals surface area contributed by atoms with E-state index in [2.05, 4.69) is 32.8 Å². The summed E-state index contributed by atoms with van der Waals surface area (Å²) in [6.45, 7) is 4.54. The van der Waals surface area contributed by atoms with Crippen molar-refractivity contribution in [3.8, 4) is 0 Å². The van der Waals surface area contributed by atoms with Gasteiger partial charge in [0, 0.05) is 43.0 Å². The number of aromatic nitrogens is 3. The van der Waals surface area contributed by atoms with E-state index in [1.54, 1.807) is 6.33 Å². The van der Waals surface area contributed by atoms with Gasteiger partial charge in [0.1, 0.15) is 18.0 Å². The molecule has 0 unspecified atom stereocenters. The van der Waals surface area contributed by atoms with E-state index in [0.29, 0.717) is 18.3 Å². The van der Waals surface area contributed by atoms with Crippen LogP contribution in [0.2, 0.25) is 0 Å². The number of piperidine rings is 1. The van der Waals surface area contributed by atoms with Gasteiger partial charge in [-0.05, 0) is 30.9 Å². The van der Waals surface area contributed by atoms with Crippen molar-refractivity contribution in [1.29, 1.82) is 0 Å². The Bertz CT molecular complexity index is 664. The molecule has 0 saturated carbocycles. The predicted octanol–water partition coefficient (Wildman–Crippen LogP) is 1.86. The number of anilines is 2. The van der Waals surface area contributed by atoms with Crippen LogP contribution in [0.1, 0.15) is 42.5 Å². The third-order valence-electron chi connectivity index (χ3n) is 4.64. The molecule has 0 atom stereocenters. The summed E-state index contributed by atoms with van der Waals surface area (Å²) in [5, 5.41) is 0. The van der Waals surface area contributed by atoms with Gasteiger partial charge in [0.25, 0.3) is 0 Å². The Morgan fingerprint density at radius 2 is 2.00 bits per heavy atom. The first-order chi connectivity index (χ1) is 11.2. The van der Waals surface area contributed by atoms with E-state index in [1.807, 2.05) is 12.3 Å². The number of rotatable bonds is 4. The highest BCUT2D eigenvalue weighted by molar-refractivity contribution is 5.56. The van der Waals surface area contributed by atoms with Crippen molar-refractivity contribution in [3.05, 3.63) is 41.5 Å². The van der Waals surface area contributed by atoms with Gasteiger partial charge >= 0.3 is 0 Å². The molecule has 2 aromatic heterocycles. The van der Waals surface area contributed by atoms with E-state index in [0.717, 1.165) is 55.0 Å². The monoisotopic (exact) mass is 312 g/mol. The second-order valence-electron chi connectivity index (χ2n) is 5.93. The molecule has 2 aromatic rings. The number of nitrogens with two attached hydrogens (primary N) is 2. The minimum absolute atomic E-state index is 0.468. The molecular formula is C17H24N6. The molecule has 6 nitrogen and oxygen atoms in total. The van der Waals surface area contributed by atoms with Gasteiger partial charge in [-0.1, -0.05) is 13.0 Å². The number of hydrogen-bond acceptors (Lipinski definition) is 6. The van der Waals surface area contributed by atoms with E-state index in [1.165, 1.54) is 0 Å². The molecule has 23 heavy (non-hydrogen) atoms. The van der Waals surface area contributed by atoms with Crippen LogP contribution in [0.5, 0.6) is 0 Å². The van der Waals surface area contributed by atoms with Gasteiger partial charge in [0.2, 0.25) is 0 Å². The van der Waals surface area contributed by atoms with Crippen LogP contribution in [0.15, 0.2) is 24.7 Å². The van der Waals surface area contributed by atoms with Gasteiger partial charge < -0.3 is 16.4 Å². The molecule has 1 saturated heterocycles. The third-order valence-corrected chi connectivity index (χ3v) is 4.64. The molecule has 0 spiro atoms. The molecule has 3 heterocycles. The summed E-state index contributed by atoms with van der Waals surface area (Å²) >= 11 is 0. The maximum Gasteiger partial charge on any atom is 0.137 e. The second kappa shape index (κ2) is 6.91. The van der Waals surface area contributed by atoms with Gasteiger partial charge in [-0.25, -0.2) is 9.97 Å². The van der Waals surface area contributed by atoms with E-state index in [9.17, 15) is 0 Å². The highest BCUT2D eigenvalue weighted by Gasteiger charge is 2.25. The van der Waals surface area contributed by atoms with Gasteiger partial charge in [-0.2, -0.15) is 0 Å². The molecule has 3 rings (SSSR count). The molecule has 0 amide bonds. The Balaban J connectivity index is 1.75. The Morgan fingerprint density at radius 3 is 2.70 bits per heavy atom. The standard InChI is InChI=1S/C17H24N6/c1-2-14-16(19)21-11-22-17(14)23-8-5-12(6-9-23)15-13(10-18)4-3-7-20-15/h3-4,7,11-12H,2,5-6,8-10,18H2,1H3,(H2,19,21,22). The van der Waals surface area contributed by atoms with Crippen molar-refractivity contribution in [3.63, 3.8) is 0 Å². The highest BCUT2D eigenvalue weighted by atomic mass is 15.2. The number of nitrogens with zero attached hydrogens (tertiary/aromatic N) is 4. The maximum atomic E-state index is 5.99. The van der Waals surface area contributed by atoms with Crippen molar-refractivity contribution in [2.24, 2.45) is 5.73 Å². The molecule has 122 valence electrons. The highest BCUT2D eigenvalue weighted by Crippen LogP contribution is 2.32. The summed E-state index contributed by atoms with van der Waals surface area (Å²) in [5.74, 6) is 2.04. The Hall–Kier alpha value is -2.21. The minimum Gasteiger partial charge on any atom is -0.383 e. The van der Waals surface area contributed by atoms with Gasteiger partial charge in [-0.3, -0.25) is 4.98 Å². The van der Waals surface area contributed by atoms with Crippen molar-refractivity contribution >= 4 is 11.6 Å². The van der Waals surface area contributed by atoms with Crippen molar-refractivity contribution in [2.45, 2.75) is 38.6 Å². The van der Waals surface area contributed by atoms with Crippen LogP contribution >= 0.6 is 0 Å². The lowest BCUT2D eigenvalue weighted by Gasteiger charge is -2.34. The smallest absolute Gasteiger partial charge is 0.137 e. The molecule has 4 N–H and O–H groups in total. The van der Waals surface area contributed by atoms with Crippen LogP contribution in [0.3, 0.4) is 0 Å². The topological polar surface area (TPSA) is 94.0 Å². The molecule has 0 aliphatic carbocycles. The van der Waals surface area contributed by atoms with Crippen molar-refractivity contribution < 1.29 is 0 Å². The van der Waals surface area contributed by atoms with Crippen LogP contribution in [0.25, 0.3) is 0 Å². The number of pyridine rings is 1. The van der Waals surface area contributed by atoms with E-state index in [4.69, 9.17) is 11.5 Å². The number of nitrogen functional groups attached to an aromatic ring is 1. The zero-order valence-corrected chi connectivity index (χ0v) is 13.6. The molecule has 0 radical (unpaired) electrons. The van der Waals surface area contributed by atoms with Crippen LogP contribution < -0.4 is 16.4 Å². The van der Waals surface area contributed by atoms with Crippen molar-refractivity contribution in [1.82, 2.24) is 15.0 Å². The Morgan fingerprint density at radius 1 is 1.22 bits per heavy atom. The fourth-order valence-corrected chi connectivity index (χ4v) is 3.38. The van der Waals surface area contributed by atoms with Crippen LogP contribution in [-0.2, 0) is 13.0 Å². The van der Waals surface area contributed by atoms with Gasteiger partial charge in [0.05, 0.1) is 0 Å². The quantitative estimate of drug-likeness (QED) is 0.895. The lowest BCUT2D eigenvalue weighted by molar-refractivity contribution is 0.489. The maximum absolute atomic E-state index is 5.99. The minimum atomic E-state index is 0.468. The van der Waals surface area contributed by atoms with Gasteiger partial charge in [-0.15, -0.1) is 0 Å². The van der Waals surface area contributed by atoms with Crippen LogP contribution in [-0.4, -0.2) is 28.0 Å². The third kappa shape index (κ3) is 3.12. The summed E-state index contributed by atoms with van der Waals surface area (Å²) < 4.78 is 0. The summed E-state index contributed by atoms with van der Waals surface area (Å²) in [6.07, 6.45) is 6.37. The normalized spacial score (nSPS) is 15.8. The molecule has 1 aliphatic heterocycles. The van der Waals surface area contributed by atoms with E-state index >= 15 is 0 Å². The Labute approximate surface area is 137 Å². The summed E-state index contributed by atoms with van der Waals surface area (Å²) in [7, 11) is 0. The van der Waals surface area contributed by atoms with E-state index in [-0.39, 0.29) is 0 Å². The molecule has 0 aromatic carbocycles. The summed E-state index contributed by atoms with van der Waals surface area (Å²) in [5.41, 5.74) is 15.2. The molecule has 6 heteroatoms. The average Bonchev–Trinajstić information content (AvgIpc) is 2.61. The SMILES string of the molecule is CCc1c(N)ncnc1N1CCC(c2ncccc2CN)CC1. The van der Waals surface area contributed by atoms with Crippen molar-refractivity contribution in [2.75, 3.05) is 23.7 Å². The zero-order valence-electron chi connectivity index (χ0n) is 13.6. The fraction of sp³-hybridized carbons (Fsp3) is 0.471. The lowest BCUT2D eigenvalue weighted by atomic mass is 9.90. The van der Waals surface area contributed by atoms with E-state index < -0.39 is 0 Å². The van der Waals surface area contributed by atoms with Gasteiger partial charge in [0.15, 0.2) is 0 Å². The van der Waals surface area contributed by atoms with Crippen LogP contribution in [0, 0.1) is 0 Å². The Kier molecular flexibility index (Phi) is 4.71. The summed E-state index contributed by atoms with van der Waals surface area (Å²) in [4.78, 5) is 15.5. The summed E-state index contributed by atoms with van der Waals surface area (Å²) in [6, 6.07) is 4.03.